The quantitative estimate of drug-likeness (QED) is 0.876. The molecule has 0 spiro atoms. The van der Waals surface area contributed by atoms with E-state index < -0.39 is 0 Å². The molecule has 0 saturated carbocycles. The van der Waals surface area contributed by atoms with Crippen molar-refractivity contribution in [1.29, 1.82) is 0 Å². The standard InChI is InChI=1S/C17H22FN7O/c18-14-11-19-12-21-16(14)24-5-2-13(3-6-24)22-15-1-4-20-17(23-15)25-7-9-26-10-8-25/h1,4,11-13H,2-3,5-10H2,(H,20,22,23). The van der Waals surface area contributed by atoms with Gasteiger partial charge in [-0.25, -0.2) is 19.3 Å². The van der Waals surface area contributed by atoms with Gasteiger partial charge in [0.25, 0.3) is 0 Å². The molecule has 0 unspecified atom stereocenters. The minimum absolute atomic E-state index is 0.295. The summed E-state index contributed by atoms with van der Waals surface area (Å²) in [5.41, 5.74) is 0. The Labute approximate surface area is 151 Å². The molecule has 0 atom stereocenters. The van der Waals surface area contributed by atoms with E-state index >= 15 is 0 Å². The molecule has 2 saturated heterocycles. The van der Waals surface area contributed by atoms with Crippen molar-refractivity contribution in [2.75, 3.05) is 54.5 Å². The molecule has 0 aliphatic carbocycles. The predicted octanol–water partition coefficient (Wildman–Crippen LogP) is 1.32. The Morgan fingerprint density at radius 3 is 2.65 bits per heavy atom. The van der Waals surface area contributed by atoms with Gasteiger partial charge in [0.1, 0.15) is 12.1 Å². The first-order valence-corrected chi connectivity index (χ1v) is 8.92. The number of morpholine rings is 1. The third-order valence-electron chi connectivity index (χ3n) is 4.73. The number of aromatic nitrogens is 4. The van der Waals surface area contributed by atoms with E-state index in [4.69, 9.17) is 4.74 Å². The van der Waals surface area contributed by atoms with Crippen LogP contribution in [0, 0.1) is 5.82 Å². The highest BCUT2D eigenvalue weighted by Gasteiger charge is 2.23. The average Bonchev–Trinajstić information content (AvgIpc) is 2.70. The molecule has 2 aromatic rings. The summed E-state index contributed by atoms with van der Waals surface area (Å²) in [5, 5.41) is 3.48. The molecule has 0 bridgehead atoms. The lowest BCUT2D eigenvalue weighted by Gasteiger charge is -2.33. The van der Waals surface area contributed by atoms with Gasteiger partial charge in [-0.15, -0.1) is 0 Å². The van der Waals surface area contributed by atoms with E-state index in [1.54, 1.807) is 6.20 Å². The van der Waals surface area contributed by atoms with Crippen molar-refractivity contribution < 1.29 is 9.13 Å². The van der Waals surface area contributed by atoms with Crippen molar-refractivity contribution in [2.45, 2.75) is 18.9 Å². The summed E-state index contributed by atoms with van der Waals surface area (Å²) in [4.78, 5) is 20.9. The van der Waals surface area contributed by atoms with Crippen LogP contribution in [0.1, 0.15) is 12.8 Å². The second-order valence-electron chi connectivity index (χ2n) is 6.44. The molecule has 8 nitrogen and oxygen atoms in total. The highest BCUT2D eigenvalue weighted by molar-refractivity contribution is 5.43. The molecule has 26 heavy (non-hydrogen) atoms. The van der Waals surface area contributed by atoms with E-state index in [0.717, 1.165) is 50.8 Å². The molecule has 2 aromatic heterocycles. The smallest absolute Gasteiger partial charge is 0.227 e. The van der Waals surface area contributed by atoms with Gasteiger partial charge in [-0.05, 0) is 18.9 Å². The monoisotopic (exact) mass is 359 g/mol. The van der Waals surface area contributed by atoms with Gasteiger partial charge in [-0.1, -0.05) is 0 Å². The summed E-state index contributed by atoms with van der Waals surface area (Å²) in [7, 11) is 0. The number of piperidine rings is 1. The van der Waals surface area contributed by atoms with Crippen LogP contribution in [0.3, 0.4) is 0 Å². The number of nitrogens with one attached hydrogen (secondary N) is 1. The highest BCUT2D eigenvalue weighted by Crippen LogP contribution is 2.22. The second kappa shape index (κ2) is 7.77. The molecular formula is C17H22FN7O. The van der Waals surface area contributed by atoms with Crippen molar-refractivity contribution in [1.82, 2.24) is 19.9 Å². The topological polar surface area (TPSA) is 79.3 Å². The molecule has 4 rings (SSSR count). The number of ether oxygens (including phenoxy) is 1. The highest BCUT2D eigenvalue weighted by atomic mass is 19.1. The average molecular weight is 359 g/mol. The third-order valence-corrected chi connectivity index (χ3v) is 4.73. The fourth-order valence-electron chi connectivity index (χ4n) is 3.33. The maximum absolute atomic E-state index is 13.8. The van der Waals surface area contributed by atoms with Gasteiger partial charge in [0.2, 0.25) is 5.95 Å². The van der Waals surface area contributed by atoms with Crippen molar-refractivity contribution in [3.63, 3.8) is 0 Å². The minimum atomic E-state index is -0.370. The van der Waals surface area contributed by atoms with E-state index in [9.17, 15) is 4.39 Å². The number of nitrogens with zero attached hydrogens (tertiary/aromatic N) is 6. The van der Waals surface area contributed by atoms with Crippen LogP contribution >= 0.6 is 0 Å². The van der Waals surface area contributed by atoms with E-state index in [-0.39, 0.29) is 5.82 Å². The van der Waals surface area contributed by atoms with E-state index in [1.807, 2.05) is 11.0 Å². The second-order valence-corrected chi connectivity index (χ2v) is 6.44. The fourth-order valence-corrected chi connectivity index (χ4v) is 3.33. The van der Waals surface area contributed by atoms with Crippen LogP contribution in [0.25, 0.3) is 0 Å². The molecule has 1 N–H and O–H groups in total. The van der Waals surface area contributed by atoms with E-state index in [2.05, 4.69) is 30.2 Å². The number of rotatable bonds is 4. The summed E-state index contributed by atoms with van der Waals surface area (Å²) < 4.78 is 19.2. The maximum atomic E-state index is 13.8. The van der Waals surface area contributed by atoms with Gasteiger partial charge in [0.15, 0.2) is 11.6 Å². The SMILES string of the molecule is Fc1cncnc1N1CCC(Nc2ccnc(N3CCOCC3)n2)CC1. The van der Waals surface area contributed by atoms with Crippen molar-refractivity contribution >= 4 is 17.6 Å². The van der Waals surface area contributed by atoms with Gasteiger partial charge >= 0.3 is 0 Å². The lowest BCUT2D eigenvalue weighted by molar-refractivity contribution is 0.122. The number of anilines is 3. The molecule has 4 heterocycles. The molecule has 0 amide bonds. The van der Waals surface area contributed by atoms with Gasteiger partial charge in [0, 0.05) is 38.4 Å². The lowest BCUT2D eigenvalue weighted by Crippen LogP contribution is -2.40. The van der Waals surface area contributed by atoms with E-state index in [1.165, 1.54) is 12.5 Å². The van der Waals surface area contributed by atoms with Crippen LogP contribution in [0.2, 0.25) is 0 Å². The molecule has 2 aliphatic heterocycles. The first-order chi connectivity index (χ1) is 12.8. The molecule has 138 valence electrons. The predicted molar refractivity (Wildman–Crippen MR) is 95.9 cm³/mol. The Balaban J connectivity index is 1.35. The molecule has 0 radical (unpaired) electrons. The summed E-state index contributed by atoms with van der Waals surface area (Å²) in [6.07, 6.45) is 6.16. The first kappa shape index (κ1) is 16.9. The maximum Gasteiger partial charge on any atom is 0.227 e. The van der Waals surface area contributed by atoms with Crippen LogP contribution < -0.4 is 15.1 Å². The summed E-state index contributed by atoms with van der Waals surface area (Å²) in [6, 6.07) is 2.18. The van der Waals surface area contributed by atoms with Crippen LogP contribution in [0.15, 0.2) is 24.8 Å². The Hall–Kier alpha value is -2.55. The summed E-state index contributed by atoms with van der Waals surface area (Å²) in [6.45, 7) is 4.52. The molecule has 2 fully saturated rings. The fraction of sp³-hybridized carbons (Fsp3) is 0.529. The van der Waals surface area contributed by atoms with Crippen molar-refractivity contribution in [3.8, 4) is 0 Å². The number of hydrogen-bond donors (Lipinski definition) is 1. The van der Waals surface area contributed by atoms with Crippen molar-refractivity contribution in [2.24, 2.45) is 0 Å². The molecular weight excluding hydrogens is 337 g/mol. The Morgan fingerprint density at radius 1 is 1.08 bits per heavy atom. The zero-order chi connectivity index (χ0) is 17.8. The molecule has 2 aliphatic rings. The van der Waals surface area contributed by atoms with E-state index in [0.29, 0.717) is 25.1 Å². The first-order valence-electron chi connectivity index (χ1n) is 8.92. The van der Waals surface area contributed by atoms with Crippen LogP contribution in [-0.4, -0.2) is 65.4 Å². The van der Waals surface area contributed by atoms with Gasteiger partial charge in [0.05, 0.1) is 19.4 Å². The van der Waals surface area contributed by atoms with Gasteiger partial charge in [-0.3, -0.25) is 0 Å². The summed E-state index contributed by atoms with van der Waals surface area (Å²) >= 11 is 0. The van der Waals surface area contributed by atoms with Gasteiger partial charge in [-0.2, -0.15) is 4.98 Å². The minimum Gasteiger partial charge on any atom is -0.378 e. The number of hydrogen-bond acceptors (Lipinski definition) is 8. The Kier molecular flexibility index (Phi) is 5.05. The third kappa shape index (κ3) is 3.82. The van der Waals surface area contributed by atoms with Crippen LogP contribution in [0.4, 0.5) is 22.0 Å². The number of halogens is 1. The molecule has 0 aromatic carbocycles. The summed E-state index contributed by atoms with van der Waals surface area (Å²) in [5.74, 6) is 1.58. The zero-order valence-corrected chi connectivity index (χ0v) is 14.5. The Morgan fingerprint density at radius 2 is 1.88 bits per heavy atom. The van der Waals surface area contributed by atoms with Crippen LogP contribution in [-0.2, 0) is 4.74 Å². The van der Waals surface area contributed by atoms with Gasteiger partial charge < -0.3 is 19.9 Å². The normalized spacial score (nSPS) is 18.8. The Bertz CT molecular complexity index is 733. The lowest BCUT2D eigenvalue weighted by atomic mass is 10.1. The largest absolute Gasteiger partial charge is 0.378 e. The molecule has 9 heteroatoms. The van der Waals surface area contributed by atoms with Crippen molar-refractivity contribution in [3.05, 3.63) is 30.6 Å². The van der Waals surface area contributed by atoms with Crippen LogP contribution in [0.5, 0.6) is 0 Å². The zero-order valence-electron chi connectivity index (χ0n) is 14.5.